The number of nitrogens with zero attached hydrogens (tertiary/aromatic N) is 2. The second-order valence-electron chi connectivity index (χ2n) is 7.69. The fourth-order valence-corrected chi connectivity index (χ4v) is 5.53. The van der Waals surface area contributed by atoms with Gasteiger partial charge in [0.05, 0.1) is 24.9 Å². The third-order valence-corrected chi connectivity index (χ3v) is 7.39. The van der Waals surface area contributed by atoms with Gasteiger partial charge >= 0.3 is 6.18 Å². The first-order valence-corrected chi connectivity index (χ1v) is 11.1. The lowest BCUT2D eigenvalue weighted by Gasteiger charge is -2.38. The molecule has 0 amide bonds. The first-order valence-electron chi connectivity index (χ1n) is 9.70. The van der Waals surface area contributed by atoms with Crippen LogP contribution >= 0.6 is 0 Å². The molecular weight excluding hydrogens is 433 g/mol. The smallest absolute Gasteiger partial charge is 0.416 e. The van der Waals surface area contributed by atoms with Crippen molar-refractivity contribution >= 4 is 16.1 Å². The van der Waals surface area contributed by atoms with Gasteiger partial charge < -0.3 is 14.1 Å². The number of alkyl halides is 3. The summed E-state index contributed by atoms with van der Waals surface area (Å²) in [6.45, 7) is 0.391. The number of hydrogen-bond donors (Lipinski definition) is 0. The molecule has 0 aliphatic carbocycles. The Balaban J connectivity index is 1.54. The number of oxime groups is 1. The number of ether oxygens (including phenoxy) is 1. The molecule has 1 fully saturated rings. The number of hydrogen-bond acceptors (Lipinski definition) is 5. The van der Waals surface area contributed by atoms with Gasteiger partial charge in [-0.25, -0.2) is 0 Å². The van der Waals surface area contributed by atoms with Gasteiger partial charge in [0.1, 0.15) is 5.75 Å². The molecule has 2 heterocycles. The topological polar surface area (TPSA) is 74.2 Å². The van der Waals surface area contributed by atoms with E-state index in [2.05, 4.69) is 5.16 Å². The molecule has 0 aromatic heterocycles. The molecule has 166 valence electrons. The van der Waals surface area contributed by atoms with Crippen molar-refractivity contribution in [1.29, 1.82) is 0 Å². The van der Waals surface area contributed by atoms with Crippen LogP contribution in [0.4, 0.5) is 13.2 Å². The lowest BCUT2D eigenvalue weighted by molar-refractivity contribution is -0.137. The molecule has 0 bridgehead atoms. The van der Waals surface area contributed by atoms with Crippen molar-refractivity contribution in [3.8, 4) is 5.75 Å². The van der Waals surface area contributed by atoms with E-state index >= 15 is 0 Å². The zero-order valence-electron chi connectivity index (χ0n) is 16.7. The van der Waals surface area contributed by atoms with E-state index in [0.29, 0.717) is 36.4 Å². The summed E-state index contributed by atoms with van der Waals surface area (Å²) in [4.78, 5) is 5.77. The Labute approximate surface area is 179 Å². The highest BCUT2D eigenvalue weighted by molar-refractivity contribution is 7.95. The maximum absolute atomic E-state index is 13.2. The second kappa shape index (κ2) is 7.92. The number of piperidine rings is 1. The SMILES string of the molecule is COc1cccc([S+](=O)([O-])N2CCCC3(CC(c4cccc(C(F)(F)F)c4)=NO3)C2)c1. The molecule has 31 heavy (non-hydrogen) atoms. The number of rotatable bonds is 4. The molecule has 2 unspecified atom stereocenters. The molecule has 0 N–H and O–H groups in total. The van der Waals surface area contributed by atoms with E-state index in [1.165, 1.54) is 29.6 Å². The normalized spacial score (nSPS) is 23.8. The summed E-state index contributed by atoms with van der Waals surface area (Å²) in [6, 6.07) is 11.1. The summed E-state index contributed by atoms with van der Waals surface area (Å²) < 4.78 is 71.9. The Morgan fingerprint density at radius 1 is 1.23 bits per heavy atom. The van der Waals surface area contributed by atoms with Crippen LogP contribution in [0.15, 0.2) is 58.6 Å². The fourth-order valence-electron chi connectivity index (χ4n) is 3.94. The Kier molecular flexibility index (Phi) is 5.57. The van der Waals surface area contributed by atoms with Crippen LogP contribution in [0.2, 0.25) is 0 Å². The van der Waals surface area contributed by atoms with Crippen molar-refractivity contribution < 1.29 is 31.5 Å². The van der Waals surface area contributed by atoms with E-state index in [1.54, 1.807) is 18.2 Å². The lowest BCUT2D eigenvalue weighted by atomic mass is 9.87. The van der Waals surface area contributed by atoms with Crippen molar-refractivity contribution in [2.45, 2.75) is 35.9 Å². The largest absolute Gasteiger partial charge is 0.593 e. The summed E-state index contributed by atoms with van der Waals surface area (Å²) in [7, 11) is -2.33. The lowest BCUT2D eigenvalue weighted by Crippen LogP contribution is -2.52. The molecule has 0 saturated carbocycles. The molecule has 2 aliphatic heterocycles. The Morgan fingerprint density at radius 2 is 2.00 bits per heavy atom. The van der Waals surface area contributed by atoms with E-state index in [4.69, 9.17) is 9.57 Å². The van der Waals surface area contributed by atoms with Gasteiger partial charge in [0.15, 0.2) is 20.9 Å². The van der Waals surface area contributed by atoms with Gasteiger partial charge in [-0.3, -0.25) is 0 Å². The summed E-state index contributed by atoms with van der Waals surface area (Å²) in [5.74, 6) is 0.431. The average Bonchev–Trinajstić information content (AvgIpc) is 3.16. The number of methoxy groups -OCH3 is 1. The van der Waals surface area contributed by atoms with E-state index in [0.717, 1.165) is 12.1 Å². The monoisotopic (exact) mass is 454 g/mol. The molecular formula is C21H21F3N2O4S. The Hall–Kier alpha value is -2.43. The summed E-state index contributed by atoms with van der Waals surface area (Å²) in [5, 5.41) is 4.03. The van der Waals surface area contributed by atoms with Gasteiger partial charge in [-0.05, 0) is 37.1 Å². The maximum Gasteiger partial charge on any atom is 0.416 e. The van der Waals surface area contributed by atoms with Crippen LogP contribution < -0.4 is 4.74 Å². The zero-order valence-corrected chi connectivity index (χ0v) is 17.5. The van der Waals surface area contributed by atoms with Crippen molar-refractivity contribution in [3.63, 3.8) is 0 Å². The van der Waals surface area contributed by atoms with Crippen molar-refractivity contribution in [2.75, 3.05) is 20.2 Å². The summed E-state index contributed by atoms with van der Waals surface area (Å²) >= 11 is 0. The van der Waals surface area contributed by atoms with Gasteiger partial charge in [0.25, 0.3) is 0 Å². The van der Waals surface area contributed by atoms with Crippen LogP contribution in [0.1, 0.15) is 30.4 Å². The van der Waals surface area contributed by atoms with Crippen molar-refractivity contribution in [3.05, 3.63) is 59.7 Å². The fraction of sp³-hybridized carbons (Fsp3) is 0.381. The number of benzene rings is 2. The third kappa shape index (κ3) is 4.32. The first-order chi connectivity index (χ1) is 14.6. The highest BCUT2D eigenvalue weighted by Crippen LogP contribution is 2.39. The van der Waals surface area contributed by atoms with Gasteiger partial charge in [-0.1, -0.05) is 27.6 Å². The molecule has 1 saturated heterocycles. The summed E-state index contributed by atoms with van der Waals surface area (Å²) in [5.41, 5.74) is -0.959. The van der Waals surface area contributed by atoms with Gasteiger partial charge in [0.2, 0.25) is 0 Å². The molecule has 2 aromatic rings. The van der Waals surface area contributed by atoms with E-state index in [-0.39, 0.29) is 17.9 Å². The maximum atomic E-state index is 13.2. The quantitative estimate of drug-likeness (QED) is 0.647. The standard InChI is InChI=1S/C21H21F3N2O4S/c1-29-17-7-3-8-18(12-17)31(27,28)26-10-4-9-20(14-26)13-19(25-30-20)15-5-2-6-16(11-15)21(22,23)24/h2-3,5-8,11-12H,4,9-10,13-14H2,1H3. The van der Waals surface area contributed by atoms with Crippen LogP contribution in [0.25, 0.3) is 0 Å². The number of halogens is 3. The zero-order chi connectivity index (χ0) is 22.3. The highest BCUT2D eigenvalue weighted by Gasteiger charge is 2.48. The average molecular weight is 454 g/mol. The first kappa shape index (κ1) is 21.8. The molecule has 4 rings (SSSR count). The molecule has 10 heteroatoms. The predicted octanol–water partition coefficient (Wildman–Crippen LogP) is 4.28. The Bertz CT molecular complexity index is 1060. The van der Waals surface area contributed by atoms with Crippen molar-refractivity contribution in [1.82, 2.24) is 4.31 Å². The Morgan fingerprint density at radius 3 is 2.74 bits per heavy atom. The van der Waals surface area contributed by atoms with E-state index < -0.39 is 27.7 Å². The van der Waals surface area contributed by atoms with Crippen LogP contribution in [0, 0.1) is 0 Å². The van der Waals surface area contributed by atoms with Gasteiger partial charge in [-0.15, -0.1) is 4.31 Å². The molecule has 2 atom stereocenters. The van der Waals surface area contributed by atoms with Gasteiger partial charge in [0, 0.05) is 24.6 Å². The molecule has 6 nitrogen and oxygen atoms in total. The minimum absolute atomic E-state index is 0.0680. The van der Waals surface area contributed by atoms with E-state index in [1.807, 2.05) is 0 Å². The highest BCUT2D eigenvalue weighted by atomic mass is 32.3. The minimum Gasteiger partial charge on any atom is -0.593 e. The predicted molar refractivity (Wildman–Crippen MR) is 107 cm³/mol. The van der Waals surface area contributed by atoms with Crippen molar-refractivity contribution in [2.24, 2.45) is 5.16 Å². The molecule has 2 aliphatic rings. The van der Waals surface area contributed by atoms with E-state index in [9.17, 15) is 21.9 Å². The van der Waals surface area contributed by atoms with Crippen LogP contribution in [0.3, 0.4) is 0 Å². The van der Waals surface area contributed by atoms with Crippen LogP contribution in [-0.2, 0) is 25.6 Å². The van der Waals surface area contributed by atoms with Gasteiger partial charge in [-0.2, -0.15) is 13.2 Å². The molecule has 2 aromatic carbocycles. The molecule has 0 radical (unpaired) electrons. The van der Waals surface area contributed by atoms with Crippen LogP contribution in [0.5, 0.6) is 5.75 Å². The number of sulfonamides is 1. The molecule has 1 spiro atoms. The second-order valence-corrected chi connectivity index (χ2v) is 9.63. The minimum atomic E-state index is -4.46. The van der Waals surface area contributed by atoms with Crippen LogP contribution in [-0.4, -0.2) is 40.4 Å². The third-order valence-electron chi connectivity index (χ3n) is 5.55. The summed E-state index contributed by atoms with van der Waals surface area (Å²) in [6.07, 6.45) is -3.11.